The number of benzene rings is 1. The molecule has 4 heterocycles. The number of aromatic nitrogens is 5. The van der Waals surface area contributed by atoms with Gasteiger partial charge in [-0.3, -0.25) is 0 Å². The average molecular weight is 393 g/mol. The topological polar surface area (TPSA) is 72.4 Å². The van der Waals surface area contributed by atoms with Gasteiger partial charge in [0.05, 0.1) is 11.9 Å². The van der Waals surface area contributed by atoms with Gasteiger partial charge in [0.15, 0.2) is 5.82 Å². The van der Waals surface area contributed by atoms with Crippen molar-refractivity contribution in [3.8, 4) is 11.3 Å². The summed E-state index contributed by atoms with van der Waals surface area (Å²) in [5.41, 5.74) is 2.02. The Morgan fingerprint density at radius 1 is 1.18 bits per heavy atom. The number of anilines is 1. The van der Waals surface area contributed by atoms with Crippen LogP contribution in [0.2, 0.25) is 0 Å². The molecule has 0 atom stereocenters. The Balaban J connectivity index is 1.28. The van der Waals surface area contributed by atoms with Crippen molar-refractivity contribution in [3.63, 3.8) is 0 Å². The van der Waals surface area contributed by atoms with Gasteiger partial charge in [0.2, 0.25) is 16.0 Å². The van der Waals surface area contributed by atoms with Gasteiger partial charge in [-0.2, -0.15) is 4.98 Å². The van der Waals surface area contributed by atoms with E-state index in [1.165, 1.54) is 0 Å². The van der Waals surface area contributed by atoms with Crippen molar-refractivity contribution < 1.29 is 4.52 Å². The monoisotopic (exact) mass is 393 g/mol. The second-order valence-corrected chi connectivity index (χ2v) is 8.37. The van der Waals surface area contributed by atoms with Gasteiger partial charge in [-0.1, -0.05) is 54.6 Å². The van der Waals surface area contributed by atoms with E-state index < -0.39 is 0 Å². The molecule has 1 radical (unpaired) electrons. The molecule has 7 nitrogen and oxygen atoms in total. The highest BCUT2D eigenvalue weighted by molar-refractivity contribution is 7.20. The third-order valence-corrected chi connectivity index (χ3v) is 6.12. The van der Waals surface area contributed by atoms with Crippen LogP contribution >= 0.6 is 11.3 Å². The van der Waals surface area contributed by atoms with E-state index in [4.69, 9.17) is 14.6 Å². The zero-order valence-electron chi connectivity index (χ0n) is 15.9. The van der Waals surface area contributed by atoms with Crippen molar-refractivity contribution in [2.45, 2.75) is 38.5 Å². The minimum absolute atomic E-state index is 0.294. The molecule has 1 aromatic carbocycles. The van der Waals surface area contributed by atoms with Crippen molar-refractivity contribution in [3.05, 3.63) is 48.2 Å². The molecule has 0 spiro atoms. The summed E-state index contributed by atoms with van der Waals surface area (Å²) in [4.78, 5) is 12.5. The number of nitrogens with zero attached hydrogens (tertiary/aromatic N) is 6. The van der Waals surface area contributed by atoms with Gasteiger partial charge in [0, 0.05) is 30.5 Å². The fourth-order valence-electron chi connectivity index (χ4n) is 3.48. The number of fused-ring (bicyclic) bond motifs is 1. The Morgan fingerprint density at radius 2 is 1.96 bits per heavy atom. The van der Waals surface area contributed by atoms with E-state index in [-0.39, 0.29) is 0 Å². The summed E-state index contributed by atoms with van der Waals surface area (Å²) in [7, 11) is 0. The number of imidazole rings is 1. The molecule has 1 fully saturated rings. The Hall–Kier alpha value is -2.74. The molecule has 0 amide bonds. The van der Waals surface area contributed by atoms with E-state index in [9.17, 15) is 0 Å². The molecule has 28 heavy (non-hydrogen) atoms. The van der Waals surface area contributed by atoms with Crippen LogP contribution in [0.5, 0.6) is 0 Å². The lowest BCUT2D eigenvalue weighted by Crippen LogP contribution is -2.33. The molecular weight excluding hydrogens is 372 g/mol. The van der Waals surface area contributed by atoms with Crippen LogP contribution in [0.3, 0.4) is 0 Å². The van der Waals surface area contributed by atoms with Gasteiger partial charge < -0.3 is 9.42 Å². The molecule has 0 N–H and O–H groups in total. The average Bonchev–Trinajstić information content (AvgIpc) is 3.43. The summed E-state index contributed by atoms with van der Waals surface area (Å²) >= 11 is 1.63. The molecule has 8 heteroatoms. The highest BCUT2D eigenvalue weighted by Crippen LogP contribution is 2.33. The molecule has 0 saturated carbocycles. The maximum atomic E-state index is 5.49. The number of hydrogen-bond acceptors (Lipinski definition) is 7. The normalized spacial score (nSPS) is 15.8. The first-order chi connectivity index (χ1) is 13.7. The van der Waals surface area contributed by atoms with E-state index in [0.717, 1.165) is 59.0 Å². The van der Waals surface area contributed by atoms with Gasteiger partial charge in [0.1, 0.15) is 0 Å². The summed E-state index contributed by atoms with van der Waals surface area (Å²) in [5.74, 6) is 2.21. The van der Waals surface area contributed by atoms with Gasteiger partial charge in [-0.25, -0.2) is 9.50 Å². The quantitative estimate of drug-likeness (QED) is 0.519. The first kappa shape index (κ1) is 17.4. The van der Waals surface area contributed by atoms with Crippen LogP contribution in [0.25, 0.3) is 16.2 Å². The smallest absolute Gasteiger partial charge is 0.229 e. The van der Waals surface area contributed by atoms with Crippen LogP contribution in [-0.4, -0.2) is 37.8 Å². The summed E-state index contributed by atoms with van der Waals surface area (Å²) in [6.07, 6.45) is 3.98. The lowest BCUT2D eigenvalue weighted by atomic mass is 9.97. The van der Waals surface area contributed by atoms with E-state index in [1.54, 1.807) is 11.3 Å². The SMILES string of the molecule is CC(C)c1noc(C2CCN(c3nn4cc(-c5cc[c]cc5)nc4s3)CC2)n1. The minimum atomic E-state index is 0.294. The summed E-state index contributed by atoms with van der Waals surface area (Å²) in [6.45, 7) is 6.03. The predicted octanol–water partition coefficient (Wildman–Crippen LogP) is 4.15. The minimum Gasteiger partial charge on any atom is -0.347 e. The van der Waals surface area contributed by atoms with Crippen LogP contribution in [0, 0.1) is 6.07 Å². The van der Waals surface area contributed by atoms with Crippen molar-refractivity contribution in [2.24, 2.45) is 0 Å². The molecule has 1 aliphatic rings. The van der Waals surface area contributed by atoms with Gasteiger partial charge in [0.25, 0.3) is 0 Å². The van der Waals surface area contributed by atoms with Crippen LogP contribution in [0.4, 0.5) is 5.13 Å². The molecule has 3 aromatic heterocycles. The van der Waals surface area contributed by atoms with E-state index in [0.29, 0.717) is 11.8 Å². The molecule has 0 aliphatic carbocycles. The largest absolute Gasteiger partial charge is 0.347 e. The van der Waals surface area contributed by atoms with E-state index in [2.05, 4.69) is 35.0 Å². The fraction of sp³-hybridized carbons (Fsp3) is 0.400. The molecule has 5 rings (SSSR count). The zero-order valence-corrected chi connectivity index (χ0v) is 16.7. The maximum Gasteiger partial charge on any atom is 0.229 e. The Bertz CT molecular complexity index is 1040. The van der Waals surface area contributed by atoms with E-state index in [1.807, 2.05) is 35.0 Å². The van der Waals surface area contributed by atoms with Crippen LogP contribution in [-0.2, 0) is 0 Å². The Morgan fingerprint density at radius 3 is 2.64 bits per heavy atom. The van der Waals surface area contributed by atoms with Crippen LogP contribution in [0.15, 0.2) is 35.0 Å². The second-order valence-electron chi connectivity index (χ2n) is 7.43. The number of rotatable bonds is 4. The Labute approximate surface area is 167 Å². The standard InChI is InChI=1S/C20H21N6OS/c1-13(2)17-22-18(27-24-17)15-8-10-25(11-9-15)20-23-26-12-16(21-19(26)28-20)14-6-4-3-5-7-14/h4-7,12-13,15H,8-11H2,1-2H3. The fourth-order valence-corrected chi connectivity index (χ4v) is 4.41. The highest BCUT2D eigenvalue weighted by atomic mass is 32.1. The maximum absolute atomic E-state index is 5.49. The molecule has 143 valence electrons. The highest BCUT2D eigenvalue weighted by Gasteiger charge is 2.27. The summed E-state index contributed by atoms with van der Waals surface area (Å²) in [5, 5.41) is 9.86. The number of piperidine rings is 1. The molecule has 0 bridgehead atoms. The molecule has 1 saturated heterocycles. The molecule has 4 aromatic rings. The lowest BCUT2D eigenvalue weighted by Gasteiger charge is -2.29. The molecule has 0 unspecified atom stereocenters. The first-order valence-corrected chi connectivity index (χ1v) is 10.4. The second kappa shape index (κ2) is 7.01. The van der Waals surface area contributed by atoms with Crippen LogP contribution < -0.4 is 4.90 Å². The first-order valence-electron chi connectivity index (χ1n) is 9.58. The zero-order chi connectivity index (χ0) is 19.1. The van der Waals surface area contributed by atoms with Crippen LogP contribution in [0.1, 0.15) is 50.2 Å². The number of hydrogen-bond donors (Lipinski definition) is 0. The molecular formula is C20H21N6OS. The van der Waals surface area contributed by atoms with Gasteiger partial charge in [-0.05, 0) is 18.9 Å². The van der Waals surface area contributed by atoms with Crippen molar-refractivity contribution in [1.82, 2.24) is 24.7 Å². The van der Waals surface area contributed by atoms with Crippen molar-refractivity contribution >= 4 is 21.4 Å². The van der Waals surface area contributed by atoms with Crippen molar-refractivity contribution in [2.75, 3.05) is 18.0 Å². The summed E-state index contributed by atoms with van der Waals surface area (Å²) < 4.78 is 7.37. The Kier molecular flexibility index (Phi) is 4.35. The van der Waals surface area contributed by atoms with E-state index >= 15 is 0 Å². The lowest BCUT2D eigenvalue weighted by molar-refractivity contribution is 0.326. The molecule has 1 aliphatic heterocycles. The third kappa shape index (κ3) is 3.17. The summed E-state index contributed by atoms with van der Waals surface area (Å²) in [6, 6.07) is 10.9. The van der Waals surface area contributed by atoms with Gasteiger partial charge in [-0.15, -0.1) is 5.10 Å². The van der Waals surface area contributed by atoms with Gasteiger partial charge >= 0.3 is 0 Å². The predicted molar refractivity (Wildman–Crippen MR) is 108 cm³/mol. The third-order valence-electron chi connectivity index (χ3n) is 5.14. The van der Waals surface area contributed by atoms with Crippen molar-refractivity contribution in [1.29, 1.82) is 0 Å².